The maximum atomic E-state index is 12.2. The first-order chi connectivity index (χ1) is 8.66. The first-order valence-electron chi connectivity index (χ1n) is 5.76. The molecule has 90 valence electrons. The van der Waals surface area contributed by atoms with Gasteiger partial charge in [0.25, 0.3) is 0 Å². The lowest BCUT2D eigenvalue weighted by Crippen LogP contribution is -2.19. The number of allylic oxidation sites excluding steroid dienone is 4. The minimum atomic E-state index is -0.0509. The number of Topliss-reactive ketones (excluding diaryl/α,β-unsaturated/α-hetero) is 1. The van der Waals surface area contributed by atoms with E-state index in [1.807, 2.05) is 36.4 Å². The van der Waals surface area contributed by atoms with Crippen LogP contribution in [0.25, 0.3) is 0 Å². The van der Waals surface area contributed by atoms with Gasteiger partial charge in [0.1, 0.15) is 0 Å². The molecule has 0 aliphatic heterocycles. The van der Waals surface area contributed by atoms with Crippen LogP contribution in [0.1, 0.15) is 21.8 Å². The number of anilines is 1. The molecular weight excluding hydrogens is 244 g/mol. The monoisotopic (exact) mass is 256 g/mol. The predicted molar refractivity (Wildman–Crippen MR) is 75.7 cm³/mol. The van der Waals surface area contributed by atoms with E-state index in [9.17, 15) is 4.79 Å². The van der Waals surface area contributed by atoms with Gasteiger partial charge in [0.05, 0.1) is 5.92 Å². The van der Waals surface area contributed by atoms with Gasteiger partial charge in [-0.3, -0.25) is 4.79 Å². The van der Waals surface area contributed by atoms with Crippen molar-refractivity contribution in [2.75, 3.05) is 5.32 Å². The van der Waals surface area contributed by atoms with E-state index < -0.39 is 0 Å². The largest absolute Gasteiger partial charge is 0.376 e. The van der Waals surface area contributed by atoms with Gasteiger partial charge < -0.3 is 11.1 Å². The summed E-state index contributed by atoms with van der Waals surface area (Å²) in [6.07, 6.45) is 7.95. The highest BCUT2D eigenvalue weighted by atomic mass is 32.1. The molecule has 3 rings (SSSR count). The summed E-state index contributed by atoms with van der Waals surface area (Å²) < 4.78 is 0. The van der Waals surface area contributed by atoms with E-state index in [0.29, 0.717) is 0 Å². The number of carbonyl (C=O) groups excluding carboxylic acids is 1. The lowest BCUT2D eigenvalue weighted by atomic mass is 9.88. The van der Waals surface area contributed by atoms with Crippen LogP contribution in [0.3, 0.4) is 0 Å². The van der Waals surface area contributed by atoms with Crippen LogP contribution >= 0.6 is 12.2 Å². The molecule has 1 aromatic rings. The lowest BCUT2D eigenvalue weighted by Gasteiger charge is -2.14. The zero-order valence-corrected chi connectivity index (χ0v) is 10.4. The van der Waals surface area contributed by atoms with E-state index in [1.54, 1.807) is 0 Å². The van der Waals surface area contributed by atoms with Gasteiger partial charge in [-0.1, -0.05) is 24.3 Å². The van der Waals surface area contributed by atoms with Crippen LogP contribution in [0, 0.1) is 5.92 Å². The Kier molecular flexibility index (Phi) is 2.52. The van der Waals surface area contributed by atoms with Gasteiger partial charge in [0.15, 0.2) is 10.9 Å². The molecule has 1 aromatic carbocycles. The van der Waals surface area contributed by atoms with Gasteiger partial charge in [0, 0.05) is 17.2 Å². The number of hydrogen-bond donors (Lipinski definition) is 2. The average Bonchev–Trinajstić information content (AvgIpc) is 2.63. The average molecular weight is 256 g/mol. The Hall–Kier alpha value is -1.94. The molecule has 0 radical (unpaired) electrons. The number of ketones is 1. The smallest absolute Gasteiger partial charge is 0.170 e. The summed E-state index contributed by atoms with van der Waals surface area (Å²) in [6, 6.07) is 5.64. The Morgan fingerprint density at radius 1 is 1.22 bits per heavy atom. The second-order valence-corrected chi connectivity index (χ2v) is 4.92. The SMILES string of the molecule is NC(=S)Nc1ccc2c(c1)C1C=CC=CC1C2=O. The van der Waals surface area contributed by atoms with Crippen LogP contribution in [0.15, 0.2) is 42.5 Å². The van der Waals surface area contributed by atoms with E-state index in [-0.39, 0.29) is 22.7 Å². The lowest BCUT2D eigenvalue weighted by molar-refractivity contribution is 0.0955. The summed E-state index contributed by atoms with van der Waals surface area (Å²) >= 11 is 4.82. The Morgan fingerprint density at radius 3 is 2.67 bits per heavy atom. The van der Waals surface area contributed by atoms with E-state index in [4.69, 9.17) is 18.0 Å². The summed E-state index contributed by atoms with van der Waals surface area (Å²) in [5.41, 5.74) is 8.14. The molecule has 4 heteroatoms. The fourth-order valence-electron chi connectivity index (χ4n) is 2.62. The maximum Gasteiger partial charge on any atom is 0.170 e. The van der Waals surface area contributed by atoms with Gasteiger partial charge in [-0.2, -0.15) is 0 Å². The van der Waals surface area contributed by atoms with Crippen LogP contribution in [0.5, 0.6) is 0 Å². The predicted octanol–water partition coefficient (Wildman–Crippen LogP) is 2.36. The molecule has 2 aliphatic carbocycles. The Morgan fingerprint density at radius 2 is 1.94 bits per heavy atom. The van der Waals surface area contributed by atoms with Gasteiger partial charge in [0.2, 0.25) is 0 Å². The molecule has 3 N–H and O–H groups in total. The van der Waals surface area contributed by atoms with Crippen molar-refractivity contribution >= 4 is 28.8 Å². The number of rotatable bonds is 1. The number of nitrogens with one attached hydrogen (secondary N) is 1. The van der Waals surface area contributed by atoms with E-state index in [2.05, 4.69) is 11.4 Å². The quantitative estimate of drug-likeness (QED) is 0.757. The van der Waals surface area contributed by atoms with Crippen LogP contribution in [-0.2, 0) is 0 Å². The zero-order valence-electron chi connectivity index (χ0n) is 9.59. The van der Waals surface area contributed by atoms with Crippen LogP contribution in [0.4, 0.5) is 5.69 Å². The number of fused-ring (bicyclic) bond motifs is 3. The summed E-state index contributed by atoms with van der Waals surface area (Å²) in [4.78, 5) is 12.2. The maximum absolute atomic E-state index is 12.2. The van der Waals surface area contributed by atoms with Crippen molar-refractivity contribution in [2.45, 2.75) is 5.92 Å². The van der Waals surface area contributed by atoms with Gasteiger partial charge >= 0.3 is 0 Å². The Balaban J connectivity index is 2.05. The normalized spacial score (nSPS) is 23.7. The van der Waals surface area contributed by atoms with Crippen molar-refractivity contribution in [3.05, 3.63) is 53.6 Å². The molecule has 0 saturated carbocycles. The van der Waals surface area contributed by atoms with Crippen LogP contribution in [-0.4, -0.2) is 10.9 Å². The molecular formula is C14H12N2OS. The first kappa shape index (κ1) is 11.2. The van der Waals surface area contributed by atoms with Crippen molar-refractivity contribution in [2.24, 2.45) is 11.7 Å². The van der Waals surface area contributed by atoms with Crippen LogP contribution in [0.2, 0.25) is 0 Å². The number of thiocarbonyl (C=S) groups is 1. The summed E-state index contributed by atoms with van der Waals surface area (Å²) in [6.45, 7) is 0. The van der Waals surface area contributed by atoms with Crippen molar-refractivity contribution < 1.29 is 4.79 Å². The molecule has 0 heterocycles. The minimum absolute atomic E-state index is 0.0509. The molecule has 0 amide bonds. The van der Waals surface area contributed by atoms with Crippen molar-refractivity contribution in [3.63, 3.8) is 0 Å². The number of benzene rings is 1. The Bertz CT molecular complexity index is 604. The molecule has 3 nitrogen and oxygen atoms in total. The summed E-state index contributed by atoms with van der Waals surface area (Å²) in [5, 5.41) is 3.13. The van der Waals surface area contributed by atoms with Crippen molar-refractivity contribution in [3.8, 4) is 0 Å². The molecule has 0 bridgehead atoms. The molecule has 18 heavy (non-hydrogen) atoms. The van der Waals surface area contributed by atoms with E-state index in [1.165, 1.54) is 0 Å². The third-order valence-corrected chi connectivity index (χ3v) is 3.48. The molecule has 2 atom stereocenters. The third-order valence-electron chi connectivity index (χ3n) is 3.38. The minimum Gasteiger partial charge on any atom is -0.376 e. The molecule has 0 aromatic heterocycles. The van der Waals surface area contributed by atoms with Gasteiger partial charge in [-0.25, -0.2) is 0 Å². The van der Waals surface area contributed by atoms with Crippen molar-refractivity contribution in [1.29, 1.82) is 0 Å². The summed E-state index contributed by atoms with van der Waals surface area (Å²) in [5.74, 6) is 0.285. The second-order valence-electron chi connectivity index (χ2n) is 4.48. The number of nitrogens with two attached hydrogens (primary N) is 1. The van der Waals surface area contributed by atoms with Gasteiger partial charge in [-0.15, -0.1) is 0 Å². The van der Waals surface area contributed by atoms with Crippen LogP contribution < -0.4 is 11.1 Å². The Labute approximate surface area is 110 Å². The topological polar surface area (TPSA) is 55.1 Å². The highest BCUT2D eigenvalue weighted by Gasteiger charge is 2.37. The molecule has 2 aliphatic rings. The standard InChI is InChI=1S/C14H12N2OS/c15-14(18)16-8-5-6-11-12(7-8)9-3-1-2-4-10(9)13(11)17/h1-7,9-10H,(H3,15,16,18). The molecule has 0 saturated heterocycles. The van der Waals surface area contributed by atoms with Gasteiger partial charge in [-0.05, 0) is 36.0 Å². The number of hydrogen-bond acceptors (Lipinski definition) is 2. The number of carbonyl (C=O) groups is 1. The van der Waals surface area contributed by atoms with E-state index in [0.717, 1.165) is 16.8 Å². The fraction of sp³-hybridized carbons (Fsp3) is 0.143. The zero-order chi connectivity index (χ0) is 12.7. The molecule has 0 spiro atoms. The van der Waals surface area contributed by atoms with Crippen molar-refractivity contribution in [1.82, 2.24) is 0 Å². The molecule has 0 fully saturated rings. The second kappa shape index (κ2) is 4.07. The fourth-order valence-corrected chi connectivity index (χ4v) is 2.74. The molecule has 2 unspecified atom stereocenters. The third kappa shape index (κ3) is 1.66. The highest BCUT2D eigenvalue weighted by Crippen LogP contribution is 2.42. The summed E-state index contributed by atoms with van der Waals surface area (Å²) in [7, 11) is 0. The highest BCUT2D eigenvalue weighted by molar-refractivity contribution is 7.80. The van der Waals surface area contributed by atoms with E-state index >= 15 is 0 Å². The first-order valence-corrected chi connectivity index (χ1v) is 6.17.